The third-order valence-corrected chi connectivity index (χ3v) is 4.91. The maximum Gasteiger partial charge on any atom is 0.322 e. The first kappa shape index (κ1) is 18.2. The van der Waals surface area contributed by atoms with Crippen LogP contribution in [0.25, 0.3) is 11.6 Å². The molecule has 3 nitrogen and oxygen atoms in total. The van der Waals surface area contributed by atoms with Crippen molar-refractivity contribution in [2.24, 2.45) is 0 Å². The quantitative estimate of drug-likeness (QED) is 0.678. The predicted octanol–water partition coefficient (Wildman–Crippen LogP) is 6.04. The minimum absolute atomic E-state index is 0.0146. The Morgan fingerprint density at radius 3 is 2.46 bits per heavy atom. The lowest BCUT2D eigenvalue weighted by molar-refractivity contribution is 0.198. The van der Waals surface area contributed by atoms with Crippen molar-refractivity contribution in [1.82, 2.24) is 4.90 Å². The van der Waals surface area contributed by atoms with Gasteiger partial charge >= 0.3 is 6.03 Å². The van der Waals surface area contributed by atoms with Gasteiger partial charge in [0, 0.05) is 17.8 Å². The van der Waals surface area contributed by atoms with Crippen LogP contribution in [0, 0.1) is 0 Å². The number of benzene rings is 2. The Hall–Kier alpha value is -2.55. The highest BCUT2D eigenvalue weighted by atomic mass is 16.2. The van der Waals surface area contributed by atoms with Gasteiger partial charge in [0.2, 0.25) is 0 Å². The van der Waals surface area contributed by atoms with Crippen molar-refractivity contribution >= 4 is 23.4 Å². The van der Waals surface area contributed by atoms with E-state index in [1.165, 1.54) is 11.1 Å². The van der Waals surface area contributed by atoms with Gasteiger partial charge in [-0.3, -0.25) is 0 Å². The monoisotopic (exact) mass is 348 g/mol. The Labute approximate surface area is 156 Å². The fourth-order valence-corrected chi connectivity index (χ4v) is 3.59. The van der Waals surface area contributed by atoms with E-state index in [4.69, 9.17) is 0 Å². The molecule has 1 aliphatic heterocycles. The maximum absolute atomic E-state index is 13.0. The topological polar surface area (TPSA) is 32.3 Å². The number of hydrogen-bond acceptors (Lipinski definition) is 1. The summed E-state index contributed by atoms with van der Waals surface area (Å²) in [6, 6.07) is 18.6. The second kappa shape index (κ2) is 8.70. The molecule has 0 bridgehead atoms. The van der Waals surface area contributed by atoms with Crippen molar-refractivity contribution in [3.8, 4) is 0 Å². The van der Waals surface area contributed by atoms with Crippen molar-refractivity contribution in [2.75, 3.05) is 11.9 Å². The Bertz CT molecular complexity index is 767. The third-order valence-electron chi connectivity index (χ3n) is 4.91. The number of urea groups is 1. The van der Waals surface area contributed by atoms with Crippen LogP contribution in [0.3, 0.4) is 0 Å². The van der Waals surface area contributed by atoms with Gasteiger partial charge in [-0.15, -0.1) is 0 Å². The van der Waals surface area contributed by atoms with Gasteiger partial charge in [0.05, 0.1) is 6.04 Å². The summed E-state index contributed by atoms with van der Waals surface area (Å²) < 4.78 is 0. The maximum atomic E-state index is 13.0. The lowest BCUT2D eigenvalue weighted by atomic mass is 9.91. The molecular formula is C23H28N2O. The van der Waals surface area contributed by atoms with E-state index in [-0.39, 0.29) is 12.1 Å². The molecule has 1 aliphatic rings. The SMILES string of the molecule is CCCCN1C(=O)Nc2ccccc2/C(=C/c2ccccc2)C1CCC. The number of nitrogens with one attached hydrogen (secondary N) is 1. The molecule has 1 unspecified atom stereocenters. The van der Waals surface area contributed by atoms with Crippen LogP contribution >= 0.6 is 0 Å². The first-order valence-corrected chi connectivity index (χ1v) is 9.68. The summed E-state index contributed by atoms with van der Waals surface area (Å²) in [5.41, 5.74) is 4.42. The van der Waals surface area contributed by atoms with E-state index < -0.39 is 0 Å². The normalized spacial score (nSPS) is 18.4. The molecule has 3 rings (SSSR count). The molecule has 26 heavy (non-hydrogen) atoms. The number of fused-ring (bicyclic) bond motifs is 1. The smallest absolute Gasteiger partial charge is 0.317 e. The van der Waals surface area contributed by atoms with Gasteiger partial charge in [0.15, 0.2) is 0 Å². The van der Waals surface area contributed by atoms with Gasteiger partial charge in [-0.2, -0.15) is 0 Å². The van der Waals surface area contributed by atoms with Crippen molar-refractivity contribution in [2.45, 2.75) is 45.6 Å². The van der Waals surface area contributed by atoms with Gasteiger partial charge in [-0.1, -0.05) is 75.2 Å². The minimum Gasteiger partial charge on any atom is -0.317 e. The van der Waals surface area contributed by atoms with Crippen molar-refractivity contribution in [3.63, 3.8) is 0 Å². The summed E-state index contributed by atoms with van der Waals surface area (Å²) in [4.78, 5) is 15.0. The fraction of sp³-hybridized carbons (Fsp3) is 0.348. The molecule has 0 spiro atoms. The van der Waals surface area contributed by atoms with Crippen LogP contribution in [-0.4, -0.2) is 23.5 Å². The van der Waals surface area contributed by atoms with Gasteiger partial charge in [-0.25, -0.2) is 4.79 Å². The molecule has 0 aromatic heterocycles. The molecule has 0 saturated carbocycles. The van der Waals surface area contributed by atoms with Crippen LogP contribution in [0.4, 0.5) is 10.5 Å². The summed E-state index contributed by atoms with van der Waals surface area (Å²) >= 11 is 0. The third kappa shape index (κ3) is 3.98. The average Bonchev–Trinajstić information content (AvgIpc) is 2.77. The van der Waals surface area contributed by atoms with Crippen molar-refractivity contribution in [1.29, 1.82) is 0 Å². The molecule has 0 saturated heterocycles. The molecular weight excluding hydrogens is 320 g/mol. The second-order valence-electron chi connectivity index (χ2n) is 6.84. The number of amides is 2. The molecule has 0 radical (unpaired) electrons. The molecule has 2 amide bonds. The Balaban J connectivity index is 2.13. The van der Waals surface area contributed by atoms with Crippen LogP contribution in [-0.2, 0) is 0 Å². The van der Waals surface area contributed by atoms with Gasteiger partial charge in [0.25, 0.3) is 0 Å². The molecule has 0 aliphatic carbocycles. The molecule has 2 aromatic rings. The summed E-state index contributed by atoms with van der Waals surface area (Å²) in [5, 5.41) is 3.13. The van der Waals surface area contributed by atoms with Gasteiger partial charge < -0.3 is 10.2 Å². The number of carbonyl (C=O) groups excluding carboxylic acids is 1. The highest BCUT2D eigenvalue weighted by Crippen LogP contribution is 2.36. The lowest BCUT2D eigenvalue weighted by Crippen LogP contribution is -2.42. The Morgan fingerprint density at radius 2 is 1.73 bits per heavy atom. The second-order valence-corrected chi connectivity index (χ2v) is 6.84. The summed E-state index contributed by atoms with van der Waals surface area (Å²) in [6.45, 7) is 5.14. The zero-order valence-electron chi connectivity index (χ0n) is 15.7. The standard InChI is InChI=1S/C23H28N2O/c1-3-5-16-25-22(11-4-2)20(17-18-12-7-6-8-13-18)19-14-9-10-15-21(19)24-23(25)26/h6-10,12-15,17,22H,3-5,11,16H2,1-2H3,(H,24,26)/b20-17-. The van der Waals surface area contributed by atoms with E-state index in [1.54, 1.807) is 0 Å². The zero-order valence-corrected chi connectivity index (χ0v) is 15.7. The summed E-state index contributed by atoms with van der Waals surface area (Å²) in [5.74, 6) is 0. The number of anilines is 1. The molecule has 1 atom stereocenters. The van der Waals surface area contributed by atoms with E-state index in [9.17, 15) is 4.79 Å². The van der Waals surface area contributed by atoms with Crippen LogP contribution in [0.1, 0.15) is 50.7 Å². The molecule has 1 N–H and O–H groups in total. The number of para-hydroxylation sites is 1. The van der Waals surface area contributed by atoms with Crippen LogP contribution in [0.15, 0.2) is 54.6 Å². The number of unbranched alkanes of at least 4 members (excludes halogenated alkanes) is 1. The number of rotatable bonds is 6. The number of carbonyl (C=O) groups is 1. The molecule has 1 heterocycles. The zero-order chi connectivity index (χ0) is 18.4. The number of nitrogens with zero attached hydrogens (tertiary/aromatic N) is 1. The summed E-state index contributed by atoms with van der Waals surface area (Å²) in [7, 11) is 0. The molecule has 0 fully saturated rings. The fourth-order valence-electron chi connectivity index (χ4n) is 3.59. The Kier molecular flexibility index (Phi) is 6.11. The van der Waals surface area contributed by atoms with Crippen molar-refractivity contribution < 1.29 is 4.79 Å². The van der Waals surface area contributed by atoms with Gasteiger partial charge in [-0.05, 0) is 36.1 Å². The highest BCUT2D eigenvalue weighted by Gasteiger charge is 2.31. The Morgan fingerprint density at radius 1 is 1.00 bits per heavy atom. The van der Waals surface area contributed by atoms with Gasteiger partial charge in [0.1, 0.15) is 0 Å². The van der Waals surface area contributed by atoms with Crippen LogP contribution in [0.2, 0.25) is 0 Å². The van der Waals surface area contributed by atoms with Crippen LogP contribution < -0.4 is 5.32 Å². The van der Waals surface area contributed by atoms with Crippen molar-refractivity contribution in [3.05, 3.63) is 65.7 Å². The van der Waals surface area contributed by atoms with E-state index in [2.05, 4.69) is 61.6 Å². The summed E-state index contributed by atoms with van der Waals surface area (Å²) in [6.07, 6.45) is 6.34. The highest BCUT2D eigenvalue weighted by molar-refractivity contribution is 6.00. The number of hydrogen-bond donors (Lipinski definition) is 1. The predicted molar refractivity (Wildman–Crippen MR) is 110 cm³/mol. The van der Waals surface area contributed by atoms with Crippen LogP contribution in [0.5, 0.6) is 0 Å². The first-order chi connectivity index (χ1) is 12.7. The van der Waals surface area contributed by atoms with E-state index >= 15 is 0 Å². The van der Waals surface area contributed by atoms with E-state index in [1.807, 2.05) is 23.1 Å². The molecule has 3 heteroatoms. The molecule has 2 aromatic carbocycles. The van der Waals surface area contributed by atoms with E-state index in [0.29, 0.717) is 0 Å². The molecule has 136 valence electrons. The van der Waals surface area contributed by atoms with E-state index in [0.717, 1.165) is 43.5 Å². The lowest BCUT2D eigenvalue weighted by Gasteiger charge is -2.31. The minimum atomic E-state index is 0.0146. The first-order valence-electron chi connectivity index (χ1n) is 9.68. The largest absolute Gasteiger partial charge is 0.322 e. The average molecular weight is 348 g/mol.